The van der Waals surface area contributed by atoms with Crippen molar-refractivity contribution in [3.05, 3.63) is 0 Å². The molecular formula is C17H33N3O. The third-order valence-electron chi connectivity index (χ3n) is 5.18. The molecule has 0 aromatic rings. The van der Waals surface area contributed by atoms with Crippen LogP contribution in [0.2, 0.25) is 0 Å². The predicted molar refractivity (Wildman–Crippen MR) is 87.1 cm³/mol. The number of nitrogens with one attached hydrogen (secondary N) is 1. The molecule has 2 aliphatic rings. The fraction of sp³-hybridized carbons (Fsp3) is 0.941. The van der Waals surface area contributed by atoms with Gasteiger partial charge < -0.3 is 16.0 Å². The van der Waals surface area contributed by atoms with Crippen molar-refractivity contribution in [1.82, 2.24) is 10.2 Å². The molecule has 0 spiro atoms. The number of carbonyl (C=O) groups excluding carboxylic acids is 1. The molecule has 3 N–H and O–H groups in total. The maximum atomic E-state index is 12.0. The Morgan fingerprint density at radius 3 is 2.86 bits per heavy atom. The summed E-state index contributed by atoms with van der Waals surface area (Å²) in [6.07, 6.45) is 10.3. The molecule has 0 aromatic carbocycles. The first kappa shape index (κ1) is 16.8. The first-order valence-electron chi connectivity index (χ1n) is 8.91. The Morgan fingerprint density at radius 2 is 2.10 bits per heavy atom. The molecule has 1 saturated heterocycles. The molecule has 1 heterocycles. The van der Waals surface area contributed by atoms with Gasteiger partial charge >= 0.3 is 0 Å². The zero-order valence-corrected chi connectivity index (χ0v) is 13.7. The molecule has 122 valence electrons. The minimum Gasteiger partial charge on any atom is -0.356 e. The summed E-state index contributed by atoms with van der Waals surface area (Å²) in [4.78, 5) is 14.5. The minimum absolute atomic E-state index is 0.223. The van der Waals surface area contributed by atoms with E-state index >= 15 is 0 Å². The SMILES string of the molecule is CC1CCCCN1CCCNC(=O)CC1CCCC(N)C1. The van der Waals surface area contributed by atoms with E-state index in [2.05, 4.69) is 17.1 Å². The van der Waals surface area contributed by atoms with Gasteiger partial charge in [0.15, 0.2) is 0 Å². The Balaban J connectivity index is 1.54. The number of nitrogens with zero attached hydrogens (tertiary/aromatic N) is 1. The van der Waals surface area contributed by atoms with Crippen LogP contribution in [0.4, 0.5) is 0 Å². The standard InChI is InChI=1S/C17H33N3O/c1-14-6-2-3-10-20(14)11-5-9-19-17(21)13-15-7-4-8-16(18)12-15/h14-16H,2-13,18H2,1H3,(H,19,21). The Kier molecular flexibility index (Phi) is 6.97. The first-order chi connectivity index (χ1) is 10.1. The molecular weight excluding hydrogens is 262 g/mol. The van der Waals surface area contributed by atoms with Gasteiger partial charge in [-0.05, 0) is 57.9 Å². The van der Waals surface area contributed by atoms with E-state index in [4.69, 9.17) is 5.73 Å². The van der Waals surface area contributed by atoms with Gasteiger partial charge in [0.25, 0.3) is 0 Å². The van der Waals surface area contributed by atoms with Crippen molar-refractivity contribution in [2.45, 2.75) is 76.8 Å². The van der Waals surface area contributed by atoms with Crippen molar-refractivity contribution >= 4 is 5.91 Å². The van der Waals surface area contributed by atoms with Crippen molar-refractivity contribution in [2.75, 3.05) is 19.6 Å². The number of carbonyl (C=O) groups is 1. The van der Waals surface area contributed by atoms with Crippen LogP contribution in [0.25, 0.3) is 0 Å². The number of rotatable bonds is 6. The highest BCUT2D eigenvalue weighted by Crippen LogP contribution is 2.25. The average Bonchev–Trinajstić information content (AvgIpc) is 2.45. The molecule has 4 nitrogen and oxygen atoms in total. The predicted octanol–water partition coefficient (Wildman–Crippen LogP) is 2.27. The molecule has 1 amide bonds. The quantitative estimate of drug-likeness (QED) is 0.739. The van der Waals surface area contributed by atoms with E-state index < -0.39 is 0 Å². The van der Waals surface area contributed by atoms with Gasteiger partial charge in [0.1, 0.15) is 0 Å². The van der Waals surface area contributed by atoms with Gasteiger partial charge in [0.2, 0.25) is 5.91 Å². The van der Waals surface area contributed by atoms with E-state index in [0.717, 1.165) is 38.4 Å². The number of amides is 1. The van der Waals surface area contributed by atoms with E-state index in [1.165, 1.54) is 38.6 Å². The van der Waals surface area contributed by atoms with Crippen LogP contribution in [0.15, 0.2) is 0 Å². The fourth-order valence-electron chi connectivity index (χ4n) is 3.85. The third kappa shape index (κ3) is 5.95. The van der Waals surface area contributed by atoms with Gasteiger partial charge in [0.05, 0.1) is 0 Å². The van der Waals surface area contributed by atoms with E-state index in [1.807, 2.05) is 0 Å². The van der Waals surface area contributed by atoms with Crippen LogP contribution >= 0.6 is 0 Å². The lowest BCUT2D eigenvalue weighted by Crippen LogP contribution is -2.39. The first-order valence-corrected chi connectivity index (χ1v) is 8.91. The third-order valence-corrected chi connectivity index (χ3v) is 5.18. The number of hydrogen-bond donors (Lipinski definition) is 2. The number of likely N-dealkylation sites (tertiary alicyclic amines) is 1. The van der Waals surface area contributed by atoms with Crippen LogP contribution in [0.3, 0.4) is 0 Å². The van der Waals surface area contributed by atoms with Gasteiger partial charge in [0, 0.05) is 31.6 Å². The van der Waals surface area contributed by atoms with Gasteiger partial charge in [-0.15, -0.1) is 0 Å². The van der Waals surface area contributed by atoms with Crippen molar-refractivity contribution in [1.29, 1.82) is 0 Å². The Morgan fingerprint density at radius 1 is 1.24 bits per heavy atom. The summed E-state index contributed by atoms with van der Waals surface area (Å²) in [6, 6.07) is 1.04. The molecule has 3 unspecified atom stereocenters. The number of piperidine rings is 1. The van der Waals surface area contributed by atoms with Gasteiger partial charge in [-0.3, -0.25) is 4.79 Å². The lowest BCUT2D eigenvalue weighted by Gasteiger charge is -2.33. The van der Waals surface area contributed by atoms with Crippen molar-refractivity contribution in [3.8, 4) is 0 Å². The van der Waals surface area contributed by atoms with Crippen LogP contribution in [0, 0.1) is 5.92 Å². The van der Waals surface area contributed by atoms with Crippen LogP contribution in [0.5, 0.6) is 0 Å². The summed E-state index contributed by atoms with van der Waals surface area (Å²) in [6.45, 7) is 5.50. The monoisotopic (exact) mass is 295 g/mol. The normalized spacial score (nSPS) is 31.0. The summed E-state index contributed by atoms with van der Waals surface area (Å²) in [7, 11) is 0. The molecule has 21 heavy (non-hydrogen) atoms. The van der Waals surface area contributed by atoms with Crippen LogP contribution in [0.1, 0.15) is 64.7 Å². The van der Waals surface area contributed by atoms with Crippen molar-refractivity contribution in [2.24, 2.45) is 11.7 Å². The fourth-order valence-corrected chi connectivity index (χ4v) is 3.85. The summed E-state index contributed by atoms with van der Waals surface area (Å²) in [5, 5.41) is 3.09. The zero-order valence-electron chi connectivity index (χ0n) is 13.7. The second-order valence-electron chi connectivity index (χ2n) is 7.08. The second-order valence-corrected chi connectivity index (χ2v) is 7.08. The van der Waals surface area contributed by atoms with Crippen LogP contribution in [-0.2, 0) is 4.79 Å². The lowest BCUT2D eigenvalue weighted by molar-refractivity contribution is -0.122. The number of hydrogen-bond acceptors (Lipinski definition) is 3. The highest BCUT2D eigenvalue weighted by Gasteiger charge is 2.21. The summed E-state index contributed by atoms with van der Waals surface area (Å²) < 4.78 is 0. The Bertz CT molecular complexity index is 321. The van der Waals surface area contributed by atoms with E-state index in [-0.39, 0.29) is 5.91 Å². The molecule has 3 atom stereocenters. The van der Waals surface area contributed by atoms with Gasteiger partial charge in [-0.2, -0.15) is 0 Å². The second kappa shape index (κ2) is 8.74. The smallest absolute Gasteiger partial charge is 0.220 e. The average molecular weight is 295 g/mol. The van der Waals surface area contributed by atoms with Crippen LogP contribution < -0.4 is 11.1 Å². The van der Waals surface area contributed by atoms with Crippen LogP contribution in [-0.4, -0.2) is 42.5 Å². The van der Waals surface area contributed by atoms with Crippen molar-refractivity contribution in [3.63, 3.8) is 0 Å². The molecule has 0 radical (unpaired) electrons. The summed E-state index contributed by atoms with van der Waals surface area (Å²) in [5.41, 5.74) is 5.98. The van der Waals surface area contributed by atoms with Gasteiger partial charge in [-0.25, -0.2) is 0 Å². The Labute approximate surface area is 129 Å². The highest BCUT2D eigenvalue weighted by atomic mass is 16.1. The molecule has 2 fully saturated rings. The molecule has 4 heteroatoms. The molecule has 1 aliphatic carbocycles. The minimum atomic E-state index is 0.223. The molecule has 1 aliphatic heterocycles. The van der Waals surface area contributed by atoms with Gasteiger partial charge in [-0.1, -0.05) is 12.8 Å². The largest absolute Gasteiger partial charge is 0.356 e. The zero-order chi connectivity index (χ0) is 15.1. The molecule has 0 bridgehead atoms. The maximum absolute atomic E-state index is 12.0. The maximum Gasteiger partial charge on any atom is 0.220 e. The highest BCUT2D eigenvalue weighted by molar-refractivity contribution is 5.76. The number of nitrogens with two attached hydrogens (primary N) is 1. The molecule has 1 saturated carbocycles. The Hall–Kier alpha value is -0.610. The summed E-state index contributed by atoms with van der Waals surface area (Å²) >= 11 is 0. The summed E-state index contributed by atoms with van der Waals surface area (Å²) in [5.74, 6) is 0.733. The topological polar surface area (TPSA) is 58.4 Å². The lowest BCUT2D eigenvalue weighted by atomic mass is 9.84. The van der Waals surface area contributed by atoms with E-state index in [9.17, 15) is 4.79 Å². The van der Waals surface area contributed by atoms with E-state index in [1.54, 1.807) is 0 Å². The van der Waals surface area contributed by atoms with E-state index in [0.29, 0.717) is 18.4 Å². The van der Waals surface area contributed by atoms with Crippen molar-refractivity contribution < 1.29 is 4.79 Å². The molecule has 0 aromatic heterocycles. The molecule has 2 rings (SSSR count).